The molecule has 1 N–H and O–H groups in total. The third kappa shape index (κ3) is 2.25. The van der Waals surface area contributed by atoms with Crippen LogP contribution in [0.25, 0.3) is 0 Å². The van der Waals surface area contributed by atoms with Gasteiger partial charge in [0.25, 0.3) is 0 Å². The van der Waals surface area contributed by atoms with Gasteiger partial charge in [-0.15, -0.1) is 0 Å². The lowest BCUT2D eigenvalue weighted by molar-refractivity contribution is 0.256. The van der Waals surface area contributed by atoms with Crippen LogP contribution in [0.5, 0.6) is 0 Å². The fraction of sp³-hybridized carbons (Fsp3) is 0.188. The quantitative estimate of drug-likeness (QED) is 0.839. The number of nitrogens with one attached hydrogen (secondary N) is 1. The number of para-hydroxylation sites is 1. The maximum absolute atomic E-state index is 13.1. The summed E-state index contributed by atoms with van der Waals surface area (Å²) in [6.45, 7) is 2.01. The lowest BCUT2D eigenvalue weighted by Crippen LogP contribution is -2.39. The summed E-state index contributed by atoms with van der Waals surface area (Å²) in [5, 5.41) is 2.74. The molecule has 0 radical (unpaired) electrons. The number of hydrogen-bond acceptors (Lipinski definition) is 1. The summed E-state index contributed by atoms with van der Waals surface area (Å²) in [6.07, 6.45) is 0.840. The Bertz CT molecular complexity index is 656. The first-order valence-corrected chi connectivity index (χ1v) is 6.59. The Labute approximate surface area is 117 Å². The van der Waals surface area contributed by atoms with Gasteiger partial charge in [-0.1, -0.05) is 24.3 Å². The zero-order valence-electron chi connectivity index (χ0n) is 11.1. The van der Waals surface area contributed by atoms with Crippen LogP contribution in [-0.2, 0) is 6.42 Å². The minimum Gasteiger partial charge on any atom is -0.307 e. The lowest BCUT2D eigenvalue weighted by atomic mass is 10.1. The van der Waals surface area contributed by atoms with E-state index < -0.39 is 0 Å². The Morgan fingerprint density at radius 1 is 1.25 bits per heavy atom. The number of urea groups is 1. The summed E-state index contributed by atoms with van der Waals surface area (Å²) >= 11 is 0. The second kappa shape index (κ2) is 4.96. The standard InChI is InChI=1S/C16H15FN2O/c1-11-9-12-5-2-3-8-15(12)19(11)16(20)18-14-7-4-6-13(17)10-14/h2-8,10-11H,9H2,1H3,(H,18,20)/t11-/m0/s1. The molecular formula is C16H15FN2O. The van der Waals surface area contributed by atoms with Crippen LogP contribution in [-0.4, -0.2) is 12.1 Å². The van der Waals surface area contributed by atoms with Gasteiger partial charge in [-0.3, -0.25) is 4.90 Å². The van der Waals surface area contributed by atoms with Crippen molar-refractivity contribution in [2.75, 3.05) is 10.2 Å². The minimum absolute atomic E-state index is 0.0981. The van der Waals surface area contributed by atoms with E-state index in [-0.39, 0.29) is 17.9 Å². The highest BCUT2D eigenvalue weighted by molar-refractivity contribution is 6.03. The molecule has 0 aromatic heterocycles. The highest BCUT2D eigenvalue weighted by Crippen LogP contribution is 2.32. The molecule has 3 nitrogen and oxygen atoms in total. The summed E-state index contributed by atoms with van der Waals surface area (Å²) in [6, 6.07) is 13.6. The second-order valence-corrected chi connectivity index (χ2v) is 4.99. The van der Waals surface area contributed by atoms with Crippen LogP contribution >= 0.6 is 0 Å². The molecule has 0 unspecified atom stereocenters. The van der Waals surface area contributed by atoms with Crippen LogP contribution in [0, 0.1) is 5.82 Å². The number of nitrogens with zero attached hydrogens (tertiary/aromatic N) is 1. The van der Waals surface area contributed by atoms with E-state index in [1.807, 2.05) is 31.2 Å². The van der Waals surface area contributed by atoms with Crippen molar-refractivity contribution in [2.45, 2.75) is 19.4 Å². The van der Waals surface area contributed by atoms with E-state index >= 15 is 0 Å². The molecule has 0 saturated heterocycles. The molecule has 3 rings (SSSR count). The maximum atomic E-state index is 13.1. The number of carbonyl (C=O) groups is 1. The summed E-state index contributed by atoms with van der Waals surface area (Å²) in [4.78, 5) is 14.1. The molecule has 1 atom stereocenters. The third-order valence-electron chi connectivity index (χ3n) is 3.50. The van der Waals surface area contributed by atoms with Crippen molar-refractivity contribution in [3.63, 3.8) is 0 Å². The van der Waals surface area contributed by atoms with Gasteiger partial charge in [0.05, 0.1) is 0 Å². The first-order valence-electron chi connectivity index (χ1n) is 6.59. The summed E-state index contributed by atoms with van der Waals surface area (Å²) in [5.41, 5.74) is 2.55. The van der Waals surface area contributed by atoms with Crippen LogP contribution in [0.15, 0.2) is 48.5 Å². The van der Waals surface area contributed by atoms with Gasteiger partial charge in [0.2, 0.25) is 0 Å². The average molecular weight is 270 g/mol. The highest BCUT2D eigenvalue weighted by Gasteiger charge is 2.30. The summed E-state index contributed by atoms with van der Waals surface area (Å²) < 4.78 is 13.1. The smallest absolute Gasteiger partial charge is 0.307 e. The van der Waals surface area contributed by atoms with Gasteiger partial charge < -0.3 is 5.32 Å². The van der Waals surface area contributed by atoms with Gasteiger partial charge in [-0.2, -0.15) is 0 Å². The Kier molecular flexibility index (Phi) is 3.14. The van der Waals surface area contributed by atoms with Crippen molar-refractivity contribution >= 4 is 17.4 Å². The van der Waals surface area contributed by atoms with Crippen molar-refractivity contribution in [3.05, 3.63) is 59.9 Å². The zero-order valence-corrected chi connectivity index (χ0v) is 11.1. The molecule has 0 saturated carbocycles. The summed E-state index contributed by atoms with van der Waals surface area (Å²) in [7, 11) is 0. The van der Waals surface area contributed by atoms with Gasteiger partial charge in [-0.25, -0.2) is 9.18 Å². The lowest BCUT2D eigenvalue weighted by Gasteiger charge is -2.23. The molecular weight excluding hydrogens is 255 g/mol. The van der Waals surface area contributed by atoms with E-state index in [4.69, 9.17) is 0 Å². The number of anilines is 2. The SMILES string of the molecule is C[C@H]1Cc2ccccc2N1C(=O)Nc1cccc(F)c1. The fourth-order valence-electron chi connectivity index (χ4n) is 2.62. The van der Waals surface area contributed by atoms with Crippen molar-refractivity contribution < 1.29 is 9.18 Å². The van der Waals surface area contributed by atoms with E-state index in [2.05, 4.69) is 5.32 Å². The number of carbonyl (C=O) groups excluding carboxylic acids is 1. The first kappa shape index (κ1) is 12.7. The Morgan fingerprint density at radius 2 is 2.05 bits per heavy atom. The monoisotopic (exact) mass is 270 g/mol. The van der Waals surface area contributed by atoms with Crippen molar-refractivity contribution in [1.82, 2.24) is 0 Å². The number of benzene rings is 2. The molecule has 1 heterocycles. The molecule has 0 aliphatic carbocycles. The number of fused-ring (bicyclic) bond motifs is 1. The van der Waals surface area contributed by atoms with E-state index in [9.17, 15) is 9.18 Å². The molecule has 0 fully saturated rings. The number of halogens is 1. The van der Waals surface area contributed by atoms with E-state index in [1.54, 1.807) is 17.0 Å². The molecule has 0 bridgehead atoms. The summed E-state index contributed by atoms with van der Waals surface area (Å²) in [5.74, 6) is -0.363. The van der Waals surface area contributed by atoms with Crippen molar-refractivity contribution in [3.8, 4) is 0 Å². The Hall–Kier alpha value is -2.36. The Balaban J connectivity index is 1.84. The minimum atomic E-state index is -0.363. The predicted octanol–water partition coefficient (Wildman–Crippen LogP) is 3.81. The fourth-order valence-corrected chi connectivity index (χ4v) is 2.62. The molecule has 20 heavy (non-hydrogen) atoms. The molecule has 4 heteroatoms. The normalized spacial score (nSPS) is 16.9. The number of hydrogen-bond donors (Lipinski definition) is 1. The van der Waals surface area contributed by atoms with Crippen molar-refractivity contribution in [2.24, 2.45) is 0 Å². The van der Waals surface area contributed by atoms with Crippen LogP contribution < -0.4 is 10.2 Å². The number of amides is 2. The van der Waals surface area contributed by atoms with Gasteiger partial charge in [-0.05, 0) is 43.2 Å². The molecule has 2 amide bonds. The average Bonchev–Trinajstić information content (AvgIpc) is 2.74. The molecule has 102 valence electrons. The van der Waals surface area contributed by atoms with Crippen LogP contribution in [0.1, 0.15) is 12.5 Å². The number of rotatable bonds is 1. The van der Waals surface area contributed by atoms with Crippen LogP contribution in [0.2, 0.25) is 0 Å². The topological polar surface area (TPSA) is 32.3 Å². The third-order valence-corrected chi connectivity index (χ3v) is 3.50. The molecule has 1 aliphatic rings. The molecule has 2 aromatic rings. The maximum Gasteiger partial charge on any atom is 0.326 e. The van der Waals surface area contributed by atoms with Gasteiger partial charge in [0, 0.05) is 17.4 Å². The predicted molar refractivity (Wildman–Crippen MR) is 77.5 cm³/mol. The Morgan fingerprint density at radius 3 is 2.85 bits per heavy atom. The zero-order chi connectivity index (χ0) is 14.1. The largest absolute Gasteiger partial charge is 0.326 e. The molecule has 0 spiro atoms. The first-order chi connectivity index (χ1) is 9.65. The molecule has 2 aromatic carbocycles. The van der Waals surface area contributed by atoms with Crippen LogP contribution in [0.4, 0.5) is 20.6 Å². The van der Waals surface area contributed by atoms with Gasteiger partial charge in [0.15, 0.2) is 0 Å². The van der Waals surface area contributed by atoms with Gasteiger partial charge >= 0.3 is 6.03 Å². The van der Waals surface area contributed by atoms with E-state index in [1.165, 1.54) is 12.1 Å². The molecule has 1 aliphatic heterocycles. The van der Waals surface area contributed by atoms with Crippen molar-refractivity contribution in [1.29, 1.82) is 0 Å². The van der Waals surface area contributed by atoms with E-state index in [0.29, 0.717) is 5.69 Å². The second-order valence-electron chi connectivity index (χ2n) is 4.99. The van der Waals surface area contributed by atoms with E-state index in [0.717, 1.165) is 17.7 Å². The highest BCUT2D eigenvalue weighted by atomic mass is 19.1. The van der Waals surface area contributed by atoms with Crippen LogP contribution in [0.3, 0.4) is 0 Å². The van der Waals surface area contributed by atoms with Gasteiger partial charge in [0.1, 0.15) is 5.82 Å².